The molecule has 3 atom stereocenters. The normalized spacial score (nSPS) is 22.1. The maximum Gasteiger partial charge on any atom is 0.268 e. The van der Waals surface area contributed by atoms with Gasteiger partial charge in [-0.1, -0.05) is 12.8 Å². The summed E-state index contributed by atoms with van der Waals surface area (Å²) in [4.78, 5) is 40.8. The summed E-state index contributed by atoms with van der Waals surface area (Å²) in [5, 5.41) is 18.3. The van der Waals surface area contributed by atoms with Crippen LogP contribution in [0, 0.1) is 34.8 Å². The molecule has 1 saturated heterocycles. The number of nitrogens with zero attached hydrogens (tertiary/aromatic N) is 1. The van der Waals surface area contributed by atoms with Crippen molar-refractivity contribution in [3.05, 3.63) is 35.5 Å². The standard InChI is InChI=1S/C24H25F2N5O3/c25-16-7-13-8-20(29-18(13)9-17(16)26)23(34)30-19(5-12-1-2-12)22(33)28-15(11-27)6-14-10-24(3-4-24)31-21(14)32/h7-9,12,14-15,19,29H,1-6,10H2,(H,28,33)(H,30,34)(H,31,32)/t14-,15+,19+/m1/s1. The number of halogens is 2. The maximum atomic E-state index is 13.5. The number of hydrogen-bond donors (Lipinski definition) is 4. The molecule has 1 spiro atoms. The minimum Gasteiger partial charge on any atom is -0.350 e. The zero-order valence-corrected chi connectivity index (χ0v) is 18.4. The van der Waals surface area contributed by atoms with Crippen LogP contribution in [0.3, 0.4) is 0 Å². The van der Waals surface area contributed by atoms with Crippen LogP contribution >= 0.6 is 0 Å². The Kier molecular flexibility index (Phi) is 5.50. The van der Waals surface area contributed by atoms with E-state index in [2.05, 4.69) is 27.0 Å². The summed E-state index contributed by atoms with van der Waals surface area (Å²) in [7, 11) is 0. The van der Waals surface area contributed by atoms with Crippen LogP contribution in [-0.2, 0) is 9.59 Å². The van der Waals surface area contributed by atoms with Crippen LogP contribution in [-0.4, -0.2) is 40.3 Å². The molecule has 2 heterocycles. The van der Waals surface area contributed by atoms with Gasteiger partial charge in [-0.25, -0.2) is 8.78 Å². The van der Waals surface area contributed by atoms with Gasteiger partial charge in [0, 0.05) is 28.4 Å². The van der Waals surface area contributed by atoms with Crippen molar-refractivity contribution in [2.24, 2.45) is 11.8 Å². The molecule has 4 N–H and O–H groups in total. The molecule has 3 fully saturated rings. The van der Waals surface area contributed by atoms with E-state index in [0.717, 1.165) is 37.8 Å². The first kappa shape index (κ1) is 22.3. The number of carbonyl (C=O) groups is 3. The van der Waals surface area contributed by atoms with Crippen LogP contribution in [0.5, 0.6) is 0 Å². The third kappa shape index (κ3) is 4.60. The van der Waals surface area contributed by atoms with Crippen molar-refractivity contribution in [3.63, 3.8) is 0 Å². The fraction of sp³-hybridized carbons (Fsp3) is 0.500. The molecule has 1 aromatic carbocycles. The highest BCUT2D eigenvalue weighted by molar-refractivity contribution is 6.00. The van der Waals surface area contributed by atoms with E-state index >= 15 is 0 Å². The number of amides is 3. The van der Waals surface area contributed by atoms with E-state index in [1.54, 1.807) is 0 Å². The van der Waals surface area contributed by atoms with Gasteiger partial charge >= 0.3 is 0 Å². The lowest BCUT2D eigenvalue weighted by atomic mass is 9.95. The lowest BCUT2D eigenvalue weighted by Crippen LogP contribution is -2.50. The molecule has 34 heavy (non-hydrogen) atoms. The summed E-state index contributed by atoms with van der Waals surface area (Å²) < 4.78 is 27.0. The Morgan fingerprint density at radius 1 is 1.15 bits per heavy atom. The zero-order valence-electron chi connectivity index (χ0n) is 18.4. The highest BCUT2D eigenvalue weighted by atomic mass is 19.2. The van der Waals surface area contributed by atoms with Gasteiger partial charge < -0.3 is 20.9 Å². The molecule has 3 aliphatic rings. The number of carbonyl (C=O) groups excluding carboxylic acids is 3. The minimum atomic E-state index is -1.03. The second-order valence-corrected chi connectivity index (χ2v) is 9.84. The number of rotatable bonds is 8. The number of nitrogens with one attached hydrogen (secondary N) is 4. The highest BCUT2D eigenvalue weighted by Crippen LogP contribution is 2.46. The molecular weight excluding hydrogens is 444 g/mol. The number of aromatic amines is 1. The summed E-state index contributed by atoms with van der Waals surface area (Å²) in [6.07, 6.45) is 5.12. The van der Waals surface area contributed by atoms with Gasteiger partial charge in [-0.3, -0.25) is 14.4 Å². The first-order chi connectivity index (χ1) is 16.2. The van der Waals surface area contributed by atoms with Gasteiger partial charge in [-0.15, -0.1) is 0 Å². The summed E-state index contributed by atoms with van der Waals surface area (Å²) in [6.45, 7) is 0. The summed E-state index contributed by atoms with van der Waals surface area (Å²) in [5.74, 6) is -3.22. The fourth-order valence-electron chi connectivity index (χ4n) is 4.75. The molecule has 2 aliphatic carbocycles. The lowest BCUT2D eigenvalue weighted by Gasteiger charge is -2.21. The molecule has 1 aromatic heterocycles. The highest BCUT2D eigenvalue weighted by Gasteiger charge is 2.52. The van der Waals surface area contributed by atoms with Gasteiger partial charge in [0.05, 0.1) is 6.07 Å². The molecule has 0 bridgehead atoms. The van der Waals surface area contributed by atoms with Crippen LogP contribution < -0.4 is 16.0 Å². The Bertz CT molecular complexity index is 1170. The number of H-pyrrole nitrogens is 1. The average Bonchev–Trinajstić information content (AvgIpc) is 3.69. The molecular formula is C24H25F2N5O3. The Balaban J connectivity index is 1.25. The van der Waals surface area contributed by atoms with Crippen molar-refractivity contribution in [2.45, 2.75) is 62.6 Å². The van der Waals surface area contributed by atoms with E-state index in [-0.39, 0.29) is 35.0 Å². The van der Waals surface area contributed by atoms with Crippen molar-refractivity contribution in [3.8, 4) is 6.07 Å². The SMILES string of the molecule is N#C[C@H](C[C@@H]1CC2(CC2)NC1=O)NC(=O)[C@H](CC1CC1)NC(=O)c1cc2cc(F)c(F)cc2[nH]1. The average molecular weight is 469 g/mol. The van der Waals surface area contributed by atoms with Crippen LogP contribution in [0.15, 0.2) is 18.2 Å². The molecule has 178 valence electrons. The van der Waals surface area contributed by atoms with Crippen LogP contribution in [0.1, 0.15) is 55.4 Å². The van der Waals surface area contributed by atoms with Crippen molar-refractivity contribution >= 4 is 28.6 Å². The van der Waals surface area contributed by atoms with Crippen LogP contribution in [0.2, 0.25) is 0 Å². The molecule has 8 nitrogen and oxygen atoms in total. The summed E-state index contributed by atoms with van der Waals surface area (Å²) >= 11 is 0. The van der Waals surface area contributed by atoms with Gasteiger partial charge in [0.15, 0.2) is 11.6 Å². The molecule has 2 aromatic rings. The first-order valence-electron chi connectivity index (χ1n) is 11.6. The molecule has 0 radical (unpaired) electrons. The van der Waals surface area contributed by atoms with E-state index < -0.39 is 35.5 Å². The van der Waals surface area contributed by atoms with Crippen LogP contribution in [0.4, 0.5) is 8.78 Å². The second-order valence-electron chi connectivity index (χ2n) is 9.84. The second kappa shape index (κ2) is 8.38. The molecule has 5 rings (SSSR count). The zero-order chi connectivity index (χ0) is 24.0. The van der Waals surface area contributed by atoms with Crippen molar-refractivity contribution in [1.82, 2.24) is 20.9 Å². The predicted molar refractivity (Wildman–Crippen MR) is 117 cm³/mol. The Morgan fingerprint density at radius 3 is 2.53 bits per heavy atom. The third-order valence-corrected chi connectivity index (χ3v) is 7.04. The molecule has 10 heteroatoms. The number of hydrogen-bond acceptors (Lipinski definition) is 4. The van der Waals surface area contributed by atoms with E-state index in [1.807, 2.05) is 0 Å². The number of nitriles is 1. The van der Waals surface area contributed by atoms with Gasteiger partial charge in [-0.2, -0.15) is 5.26 Å². The first-order valence-corrected chi connectivity index (χ1v) is 11.6. The van der Waals surface area contributed by atoms with Gasteiger partial charge in [0.1, 0.15) is 17.8 Å². The Morgan fingerprint density at radius 2 is 1.88 bits per heavy atom. The molecule has 1 aliphatic heterocycles. The molecule has 0 unspecified atom stereocenters. The van der Waals surface area contributed by atoms with E-state index in [0.29, 0.717) is 24.1 Å². The maximum absolute atomic E-state index is 13.5. The summed E-state index contributed by atoms with van der Waals surface area (Å²) in [5.41, 5.74) is 0.225. The number of aromatic nitrogens is 1. The Labute approximate surface area is 194 Å². The van der Waals surface area contributed by atoms with E-state index in [1.165, 1.54) is 6.07 Å². The monoisotopic (exact) mass is 469 g/mol. The van der Waals surface area contributed by atoms with Gasteiger partial charge in [-0.05, 0) is 50.2 Å². The smallest absolute Gasteiger partial charge is 0.268 e. The van der Waals surface area contributed by atoms with Crippen molar-refractivity contribution in [2.75, 3.05) is 0 Å². The predicted octanol–water partition coefficient (Wildman–Crippen LogP) is 2.41. The van der Waals surface area contributed by atoms with E-state index in [4.69, 9.17) is 0 Å². The van der Waals surface area contributed by atoms with E-state index in [9.17, 15) is 28.4 Å². The minimum absolute atomic E-state index is 0.0720. The fourth-order valence-corrected chi connectivity index (χ4v) is 4.75. The lowest BCUT2D eigenvalue weighted by molar-refractivity contribution is -0.125. The molecule has 3 amide bonds. The quantitative estimate of drug-likeness (QED) is 0.474. The van der Waals surface area contributed by atoms with Crippen molar-refractivity contribution < 1.29 is 23.2 Å². The Hall–Kier alpha value is -3.48. The largest absolute Gasteiger partial charge is 0.350 e. The number of fused-ring (bicyclic) bond motifs is 1. The molecule has 2 saturated carbocycles. The topological polar surface area (TPSA) is 127 Å². The van der Waals surface area contributed by atoms with Gasteiger partial charge in [0.2, 0.25) is 11.8 Å². The van der Waals surface area contributed by atoms with Crippen LogP contribution in [0.25, 0.3) is 10.9 Å². The summed E-state index contributed by atoms with van der Waals surface area (Å²) in [6, 6.07) is 3.70. The third-order valence-electron chi connectivity index (χ3n) is 7.04. The van der Waals surface area contributed by atoms with Gasteiger partial charge in [0.25, 0.3) is 5.91 Å². The van der Waals surface area contributed by atoms with Crippen molar-refractivity contribution in [1.29, 1.82) is 5.26 Å². The number of benzene rings is 1.